The van der Waals surface area contributed by atoms with Gasteiger partial charge in [-0.15, -0.1) is 0 Å². The van der Waals surface area contributed by atoms with Gasteiger partial charge in [0, 0.05) is 26.7 Å². The Hall–Kier alpha value is -2.56. The zero-order chi connectivity index (χ0) is 25.5. The van der Waals surface area contributed by atoms with E-state index in [1.54, 1.807) is 22.1 Å². The fourth-order valence-electron chi connectivity index (χ4n) is 5.29. The van der Waals surface area contributed by atoms with E-state index in [-0.39, 0.29) is 12.1 Å². The summed E-state index contributed by atoms with van der Waals surface area (Å²) >= 11 is 0. The summed E-state index contributed by atoms with van der Waals surface area (Å²) in [7, 11) is 2.33. The topological polar surface area (TPSA) is 90.1 Å². The van der Waals surface area contributed by atoms with Gasteiger partial charge in [0.15, 0.2) is 29.4 Å². The van der Waals surface area contributed by atoms with Gasteiger partial charge in [0.05, 0.1) is 18.8 Å². The van der Waals surface area contributed by atoms with Gasteiger partial charge in [-0.05, 0) is 24.8 Å². The van der Waals surface area contributed by atoms with Crippen molar-refractivity contribution in [1.82, 2.24) is 29.1 Å². The maximum atomic E-state index is 16.1. The van der Waals surface area contributed by atoms with Crippen LogP contribution in [0.5, 0.6) is 0 Å². The lowest BCUT2D eigenvalue weighted by atomic mass is 10.0. The summed E-state index contributed by atoms with van der Waals surface area (Å²) in [5.74, 6) is 0.417. The molecule has 1 aromatic carbocycles. The van der Waals surface area contributed by atoms with E-state index in [0.29, 0.717) is 23.4 Å². The van der Waals surface area contributed by atoms with Crippen molar-refractivity contribution in [1.29, 1.82) is 0 Å². The van der Waals surface area contributed by atoms with Crippen LogP contribution in [0.3, 0.4) is 0 Å². The summed E-state index contributed by atoms with van der Waals surface area (Å²) in [5.41, 5.74) is 2.09. The fraction of sp³-hybridized carbons (Fsp3) is 0.520. The molecule has 2 aromatic heterocycles. The Kier molecular flexibility index (Phi) is 6.89. The maximum Gasteiger partial charge on any atom is 0.260 e. The van der Waals surface area contributed by atoms with Crippen molar-refractivity contribution in [2.75, 3.05) is 20.6 Å². The van der Waals surface area contributed by atoms with Crippen LogP contribution >= 0.6 is 8.53 Å². The van der Waals surface area contributed by atoms with Crippen molar-refractivity contribution >= 4 is 31.8 Å². The highest BCUT2D eigenvalue weighted by atomic mass is 31.2. The Morgan fingerprint density at radius 1 is 1.24 bits per heavy atom. The number of halogens is 1. The number of fused-ring (bicyclic) bond motifs is 2. The largest absolute Gasteiger partial charge is 0.369 e. The summed E-state index contributed by atoms with van der Waals surface area (Å²) in [5, 5.41) is 0. The van der Waals surface area contributed by atoms with Gasteiger partial charge < -0.3 is 18.7 Å². The van der Waals surface area contributed by atoms with Crippen molar-refractivity contribution in [3.05, 3.63) is 48.5 Å². The lowest BCUT2D eigenvalue weighted by Gasteiger charge is -2.26. The van der Waals surface area contributed by atoms with E-state index in [0.717, 1.165) is 24.9 Å². The quantitative estimate of drug-likeness (QED) is 0.251. The van der Waals surface area contributed by atoms with Crippen LogP contribution in [0.1, 0.15) is 44.1 Å². The highest BCUT2D eigenvalue weighted by Crippen LogP contribution is 2.62. The molecule has 3 fully saturated rings. The summed E-state index contributed by atoms with van der Waals surface area (Å²) in [6.45, 7) is 2.87. The molecule has 3 aliphatic rings. The molecule has 3 aliphatic heterocycles. The van der Waals surface area contributed by atoms with E-state index in [4.69, 9.17) is 13.8 Å². The fourth-order valence-corrected chi connectivity index (χ4v) is 7.29. The highest BCUT2D eigenvalue weighted by Gasteiger charge is 2.53. The first-order valence-corrected chi connectivity index (χ1v) is 13.8. The van der Waals surface area contributed by atoms with Crippen LogP contribution in [0.2, 0.25) is 0 Å². The zero-order valence-electron chi connectivity index (χ0n) is 21.1. The standard InChI is InChI=1S/C25H31FN7O3P/c1-4-18-22(36-37-33-12-8-11-17(33)21(35-37)16-9-6-5-7-10-16)19(26)25(34-18)32-15-29-20-23(30-14-31(2)3)27-13-28-24(20)32/h5-7,9-10,13-15,17-19,21-22,25H,4,8,11-12H2,1-3H3/t17-,18+,19?,21+,22-,25+,37+/m0/s1. The van der Waals surface area contributed by atoms with Gasteiger partial charge in [-0.2, -0.15) is 0 Å². The molecule has 10 nitrogen and oxygen atoms in total. The van der Waals surface area contributed by atoms with Crippen LogP contribution in [0.15, 0.2) is 48.0 Å². The van der Waals surface area contributed by atoms with Crippen LogP contribution in [0.25, 0.3) is 11.2 Å². The molecule has 3 aromatic rings. The zero-order valence-corrected chi connectivity index (χ0v) is 22.0. The molecule has 37 heavy (non-hydrogen) atoms. The summed E-state index contributed by atoms with van der Waals surface area (Å²) < 4.78 is 39.1. The van der Waals surface area contributed by atoms with Gasteiger partial charge in [-0.1, -0.05) is 37.3 Å². The number of ether oxygens (including phenoxy) is 1. The van der Waals surface area contributed by atoms with Crippen molar-refractivity contribution < 1.29 is 18.2 Å². The molecular weight excluding hydrogens is 496 g/mol. The van der Waals surface area contributed by atoms with Crippen molar-refractivity contribution in [3.8, 4) is 0 Å². The van der Waals surface area contributed by atoms with Crippen molar-refractivity contribution in [2.45, 2.75) is 62.9 Å². The molecule has 1 unspecified atom stereocenters. The molecule has 3 saturated heterocycles. The molecule has 12 heteroatoms. The molecule has 0 amide bonds. The lowest BCUT2D eigenvalue weighted by Crippen LogP contribution is -2.32. The number of hydrogen-bond acceptors (Lipinski definition) is 8. The second kappa shape index (κ2) is 10.3. The van der Waals surface area contributed by atoms with Crippen LogP contribution in [0, 0.1) is 0 Å². The minimum atomic E-state index is -1.42. The van der Waals surface area contributed by atoms with Crippen LogP contribution < -0.4 is 0 Å². The number of benzene rings is 1. The Morgan fingerprint density at radius 2 is 2.08 bits per heavy atom. The molecule has 0 aliphatic carbocycles. The monoisotopic (exact) mass is 527 g/mol. The molecule has 0 N–H and O–H groups in total. The summed E-state index contributed by atoms with van der Waals surface area (Å²) in [6.07, 6.45) is 3.72. The van der Waals surface area contributed by atoms with Gasteiger partial charge in [0.1, 0.15) is 18.5 Å². The second-order valence-electron chi connectivity index (χ2n) is 9.76. The minimum absolute atomic E-state index is 0.0681. The van der Waals surface area contributed by atoms with E-state index in [2.05, 4.69) is 36.7 Å². The third-order valence-electron chi connectivity index (χ3n) is 7.07. The molecule has 0 spiro atoms. The van der Waals surface area contributed by atoms with Gasteiger partial charge in [0.25, 0.3) is 8.53 Å². The first-order chi connectivity index (χ1) is 18.0. The molecule has 5 heterocycles. The van der Waals surface area contributed by atoms with Gasteiger partial charge in [0.2, 0.25) is 0 Å². The number of rotatable bonds is 7. The number of hydrogen-bond donors (Lipinski definition) is 0. The molecule has 0 saturated carbocycles. The normalized spacial score (nSPS) is 32.1. The Morgan fingerprint density at radius 3 is 2.86 bits per heavy atom. The van der Waals surface area contributed by atoms with Crippen molar-refractivity contribution in [2.24, 2.45) is 4.99 Å². The molecule has 6 rings (SSSR count). The smallest absolute Gasteiger partial charge is 0.260 e. The first-order valence-electron chi connectivity index (χ1n) is 12.7. The second-order valence-corrected chi connectivity index (χ2v) is 11.2. The number of aromatic nitrogens is 4. The average molecular weight is 528 g/mol. The third-order valence-corrected chi connectivity index (χ3v) is 8.81. The molecule has 0 radical (unpaired) electrons. The van der Waals surface area contributed by atoms with E-state index >= 15 is 4.39 Å². The average Bonchev–Trinajstić information content (AvgIpc) is 3.68. The maximum absolute atomic E-state index is 16.1. The molecular formula is C25H31FN7O3P. The SMILES string of the molecule is CC[C@H]1O[C@@H](n2cnc3c(N=CN(C)C)ncnc32)C(F)[C@H]1O[P@@]1O[C@H](c2ccccc2)[C@@H]2CCCN21. The number of nitrogens with zero attached hydrogens (tertiary/aromatic N) is 7. The number of alkyl halides is 1. The van der Waals surface area contributed by atoms with E-state index in [1.165, 1.54) is 6.33 Å². The van der Waals surface area contributed by atoms with Gasteiger partial charge in [-0.3, -0.25) is 4.57 Å². The van der Waals surface area contributed by atoms with E-state index < -0.39 is 33.1 Å². The predicted octanol–water partition coefficient (Wildman–Crippen LogP) is 4.54. The van der Waals surface area contributed by atoms with Gasteiger partial charge >= 0.3 is 0 Å². The van der Waals surface area contributed by atoms with E-state index in [1.807, 2.05) is 39.2 Å². The summed E-state index contributed by atoms with van der Waals surface area (Å²) in [4.78, 5) is 19.2. The van der Waals surface area contributed by atoms with E-state index in [9.17, 15) is 0 Å². The highest BCUT2D eigenvalue weighted by molar-refractivity contribution is 7.45. The van der Waals surface area contributed by atoms with Crippen LogP contribution in [-0.4, -0.2) is 80.5 Å². The van der Waals surface area contributed by atoms with Crippen LogP contribution in [0.4, 0.5) is 10.2 Å². The lowest BCUT2D eigenvalue weighted by molar-refractivity contribution is -0.0224. The summed E-state index contributed by atoms with van der Waals surface area (Å²) in [6, 6.07) is 10.5. The third kappa shape index (κ3) is 4.53. The van der Waals surface area contributed by atoms with Crippen molar-refractivity contribution in [3.63, 3.8) is 0 Å². The Balaban J connectivity index is 1.24. The molecule has 0 bridgehead atoms. The molecule has 7 atom stereocenters. The Labute approximate surface area is 216 Å². The minimum Gasteiger partial charge on any atom is -0.369 e. The Bertz CT molecular complexity index is 1260. The van der Waals surface area contributed by atoms with Crippen LogP contribution in [-0.2, 0) is 13.8 Å². The predicted molar refractivity (Wildman–Crippen MR) is 138 cm³/mol. The number of aliphatic imine (C=N–C) groups is 1. The first kappa shape index (κ1) is 24.8. The van der Waals surface area contributed by atoms with Gasteiger partial charge in [-0.25, -0.2) is 29.0 Å². The molecule has 196 valence electrons. The number of imidazole rings is 1.